The van der Waals surface area contributed by atoms with E-state index in [1.54, 1.807) is 13.2 Å². The van der Waals surface area contributed by atoms with Gasteiger partial charge in [-0.3, -0.25) is 9.59 Å². The Balaban J connectivity index is 1.48. The van der Waals surface area contributed by atoms with Crippen molar-refractivity contribution in [3.63, 3.8) is 0 Å². The number of rotatable bonds is 6. The Morgan fingerprint density at radius 1 is 1.19 bits per heavy atom. The topological polar surface area (TPSA) is 77.8 Å². The van der Waals surface area contributed by atoms with E-state index in [1.807, 2.05) is 12.1 Å². The van der Waals surface area contributed by atoms with E-state index in [2.05, 4.69) is 5.32 Å². The Morgan fingerprint density at radius 3 is 2.69 bits per heavy atom. The fourth-order valence-corrected chi connectivity index (χ4v) is 3.37. The third-order valence-electron chi connectivity index (χ3n) is 4.78. The highest BCUT2D eigenvalue weighted by molar-refractivity contribution is 5.87. The second-order valence-electron chi connectivity index (χ2n) is 6.72. The van der Waals surface area contributed by atoms with Crippen LogP contribution >= 0.6 is 0 Å². The summed E-state index contributed by atoms with van der Waals surface area (Å²) in [4.78, 5) is 24.1. The van der Waals surface area contributed by atoms with Crippen LogP contribution in [0, 0.1) is 0 Å². The molecule has 1 aromatic carbocycles. The van der Waals surface area contributed by atoms with Crippen LogP contribution in [0.5, 0.6) is 5.75 Å². The lowest BCUT2D eigenvalue weighted by Crippen LogP contribution is -2.37. The number of nitrogens with one attached hydrogen (secondary N) is 1. The molecule has 1 aliphatic rings. The molecular weight excluding hydrogens is 334 g/mol. The molecule has 1 amide bonds. The average molecular weight is 359 g/mol. The summed E-state index contributed by atoms with van der Waals surface area (Å²) in [5.74, 6) is 0.0164. The highest BCUT2D eigenvalue weighted by Gasteiger charge is 2.17. The van der Waals surface area contributed by atoms with Gasteiger partial charge in [-0.25, -0.2) is 0 Å². The van der Waals surface area contributed by atoms with Crippen molar-refractivity contribution in [3.8, 4) is 5.75 Å². The maximum Gasteiger partial charge on any atom is 0.310 e. The predicted octanol–water partition coefficient (Wildman–Crippen LogP) is 3.37. The summed E-state index contributed by atoms with van der Waals surface area (Å²) in [6, 6.07) is 5.63. The molecule has 0 aliphatic heterocycles. The van der Waals surface area contributed by atoms with Gasteiger partial charge in [0.15, 0.2) is 6.61 Å². The van der Waals surface area contributed by atoms with Crippen molar-refractivity contribution in [2.24, 2.45) is 0 Å². The van der Waals surface area contributed by atoms with E-state index in [-0.39, 0.29) is 25.0 Å². The van der Waals surface area contributed by atoms with Gasteiger partial charge >= 0.3 is 5.97 Å². The van der Waals surface area contributed by atoms with Crippen LogP contribution in [0.15, 0.2) is 28.9 Å². The molecule has 0 radical (unpaired) electrons. The molecule has 1 fully saturated rings. The molecule has 26 heavy (non-hydrogen) atoms. The molecule has 6 heteroatoms. The minimum Gasteiger partial charge on any atom is -0.497 e. The summed E-state index contributed by atoms with van der Waals surface area (Å²) < 4.78 is 15.7. The van der Waals surface area contributed by atoms with E-state index in [4.69, 9.17) is 13.9 Å². The number of benzene rings is 1. The SMILES string of the molecule is COc1ccc2c(CC(=O)OCC(=O)NC3CCCCCC3)coc2c1. The molecule has 3 rings (SSSR count). The number of hydrogen-bond donors (Lipinski definition) is 1. The quantitative estimate of drug-likeness (QED) is 0.632. The largest absolute Gasteiger partial charge is 0.497 e. The van der Waals surface area contributed by atoms with E-state index in [0.717, 1.165) is 36.6 Å². The van der Waals surface area contributed by atoms with Crippen LogP contribution in [0.2, 0.25) is 0 Å². The highest BCUT2D eigenvalue weighted by atomic mass is 16.5. The van der Waals surface area contributed by atoms with Crippen molar-refractivity contribution in [2.75, 3.05) is 13.7 Å². The van der Waals surface area contributed by atoms with Crippen LogP contribution in [-0.2, 0) is 20.7 Å². The summed E-state index contributed by atoms with van der Waals surface area (Å²) in [6.07, 6.45) is 8.35. The average Bonchev–Trinajstić information content (AvgIpc) is 2.86. The van der Waals surface area contributed by atoms with Crippen LogP contribution < -0.4 is 10.1 Å². The Bertz CT molecular complexity index is 759. The van der Waals surface area contributed by atoms with Crippen molar-refractivity contribution in [1.82, 2.24) is 5.32 Å². The Labute approximate surface area is 152 Å². The molecule has 0 spiro atoms. The molecule has 140 valence electrons. The van der Waals surface area contributed by atoms with Crippen molar-refractivity contribution in [3.05, 3.63) is 30.0 Å². The van der Waals surface area contributed by atoms with Crippen molar-refractivity contribution in [1.29, 1.82) is 0 Å². The number of amides is 1. The maximum atomic E-state index is 12.1. The first kappa shape index (κ1) is 18.3. The lowest BCUT2D eigenvalue weighted by Gasteiger charge is -2.16. The summed E-state index contributed by atoms with van der Waals surface area (Å²) in [6.45, 7) is -0.237. The number of carbonyl (C=O) groups is 2. The van der Waals surface area contributed by atoms with E-state index in [0.29, 0.717) is 11.3 Å². The second-order valence-corrected chi connectivity index (χ2v) is 6.72. The van der Waals surface area contributed by atoms with Crippen molar-refractivity contribution < 1.29 is 23.5 Å². The van der Waals surface area contributed by atoms with E-state index < -0.39 is 5.97 Å². The fraction of sp³-hybridized carbons (Fsp3) is 0.500. The van der Waals surface area contributed by atoms with Crippen LogP contribution in [0.1, 0.15) is 44.1 Å². The number of methoxy groups -OCH3 is 1. The molecule has 0 unspecified atom stereocenters. The summed E-state index contributed by atoms with van der Waals surface area (Å²) in [5, 5.41) is 3.81. The lowest BCUT2D eigenvalue weighted by molar-refractivity contribution is -0.148. The second kappa shape index (κ2) is 8.74. The van der Waals surface area contributed by atoms with Gasteiger partial charge in [0.05, 0.1) is 19.8 Å². The van der Waals surface area contributed by atoms with Gasteiger partial charge in [0.2, 0.25) is 0 Å². The standard InChI is InChI=1S/C20H25NO5/c1-24-16-8-9-17-14(12-25-18(17)11-16)10-20(23)26-13-19(22)21-15-6-4-2-3-5-7-15/h8-9,11-12,15H,2-7,10,13H2,1H3,(H,21,22). The number of hydrogen-bond acceptors (Lipinski definition) is 5. The van der Waals surface area contributed by atoms with Gasteiger partial charge in [-0.1, -0.05) is 25.7 Å². The molecule has 0 atom stereocenters. The van der Waals surface area contributed by atoms with Crippen molar-refractivity contribution in [2.45, 2.75) is 51.0 Å². The highest BCUT2D eigenvalue weighted by Crippen LogP contribution is 2.26. The smallest absolute Gasteiger partial charge is 0.310 e. The number of furan rings is 1. The molecule has 1 saturated carbocycles. The number of ether oxygens (including phenoxy) is 2. The molecule has 0 saturated heterocycles. The predicted molar refractivity (Wildman–Crippen MR) is 97.1 cm³/mol. The zero-order chi connectivity index (χ0) is 18.4. The monoisotopic (exact) mass is 359 g/mol. The molecule has 0 bridgehead atoms. The number of carbonyl (C=O) groups excluding carboxylic acids is 2. The fourth-order valence-electron chi connectivity index (χ4n) is 3.37. The Morgan fingerprint density at radius 2 is 1.96 bits per heavy atom. The third-order valence-corrected chi connectivity index (χ3v) is 4.78. The normalized spacial score (nSPS) is 15.4. The Hall–Kier alpha value is -2.50. The first-order valence-electron chi connectivity index (χ1n) is 9.15. The van der Waals surface area contributed by atoms with E-state index in [9.17, 15) is 9.59 Å². The number of esters is 1. The van der Waals surface area contributed by atoms with Gasteiger partial charge in [-0.05, 0) is 25.0 Å². The molecule has 2 aromatic rings. The summed E-state index contributed by atoms with van der Waals surface area (Å²) in [5.41, 5.74) is 1.38. The maximum absolute atomic E-state index is 12.1. The zero-order valence-corrected chi connectivity index (χ0v) is 15.1. The van der Waals surface area contributed by atoms with Gasteiger partial charge in [0.25, 0.3) is 5.91 Å². The molecule has 6 nitrogen and oxygen atoms in total. The molecule has 1 heterocycles. The van der Waals surface area contributed by atoms with Crippen LogP contribution in [-0.4, -0.2) is 31.6 Å². The van der Waals surface area contributed by atoms with E-state index >= 15 is 0 Å². The van der Waals surface area contributed by atoms with Gasteiger partial charge in [0.1, 0.15) is 11.3 Å². The zero-order valence-electron chi connectivity index (χ0n) is 15.1. The van der Waals surface area contributed by atoms with E-state index in [1.165, 1.54) is 19.1 Å². The minimum atomic E-state index is -0.445. The first-order chi connectivity index (χ1) is 12.7. The third kappa shape index (κ3) is 4.77. The molecule has 1 aromatic heterocycles. The van der Waals surface area contributed by atoms with Gasteiger partial charge in [0, 0.05) is 23.1 Å². The first-order valence-corrected chi connectivity index (χ1v) is 9.15. The van der Waals surface area contributed by atoms with Crippen LogP contribution in [0.4, 0.5) is 0 Å². The van der Waals surface area contributed by atoms with Gasteiger partial charge < -0.3 is 19.2 Å². The number of fused-ring (bicyclic) bond motifs is 1. The van der Waals surface area contributed by atoms with Crippen molar-refractivity contribution >= 4 is 22.8 Å². The summed E-state index contributed by atoms with van der Waals surface area (Å²) >= 11 is 0. The Kier molecular flexibility index (Phi) is 6.15. The molecule has 1 aliphatic carbocycles. The van der Waals surface area contributed by atoms with Gasteiger partial charge in [-0.2, -0.15) is 0 Å². The van der Waals surface area contributed by atoms with Crippen LogP contribution in [0.25, 0.3) is 11.0 Å². The lowest BCUT2D eigenvalue weighted by atomic mass is 10.1. The van der Waals surface area contributed by atoms with Crippen LogP contribution in [0.3, 0.4) is 0 Å². The van der Waals surface area contributed by atoms with Gasteiger partial charge in [-0.15, -0.1) is 0 Å². The summed E-state index contributed by atoms with van der Waals surface area (Å²) in [7, 11) is 1.59. The molecule has 1 N–H and O–H groups in total. The molecular formula is C20H25NO5. The minimum absolute atomic E-state index is 0.0655.